The second-order valence-corrected chi connectivity index (χ2v) is 7.04. The van der Waals surface area contributed by atoms with Crippen LogP contribution in [0.1, 0.15) is 13.3 Å². The van der Waals surface area contributed by atoms with Crippen LogP contribution in [-0.4, -0.2) is 56.3 Å². The molecule has 0 unspecified atom stereocenters. The molecule has 0 atom stereocenters. The summed E-state index contributed by atoms with van der Waals surface area (Å²) in [5.41, 5.74) is 5.50. The molecule has 0 saturated heterocycles. The number of nitrogen functional groups attached to an aromatic ring is 1. The molecule has 0 radical (unpaired) electrons. The number of halogens is 1. The molecule has 1 aromatic rings. The molecule has 20 heavy (non-hydrogen) atoms. The molecular weight excluding hydrogens is 300 g/mol. The molecule has 114 valence electrons. The van der Waals surface area contributed by atoms with Crippen LogP contribution in [0.2, 0.25) is 5.02 Å². The van der Waals surface area contributed by atoms with E-state index in [9.17, 15) is 8.42 Å². The van der Waals surface area contributed by atoms with Gasteiger partial charge in [0.1, 0.15) is 10.7 Å². The lowest BCUT2D eigenvalue weighted by Crippen LogP contribution is -2.33. The molecule has 0 aromatic carbocycles. The summed E-state index contributed by atoms with van der Waals surface area (Å²) in [6, 6.07) is 1.34. The minimum absolute atomic E-state index is 0.0726. The zero-order valence-electron chi connectivity index (χ0n) is 12.0. The molecule has 0 aliphatic heterocycles. The SMILES string of the molecule is CCN(CCCN(C)C)S(=O)(=O)c1cnc(N)c(Cl)c1. The molecule has 0 amide bonds. The second kappa shape index (κ2) is 7.21. The third-order valence-corrected chi connectivity index (χ3v) is 5.09. The summed E-state index contributed by atoms with van der Waals surface area (Å²) in [6.07, 6.45) is 2.00. The van der Waals surface area contributed by atoms with Crippen LogP contribution in [-0.2, 0) is 10.0 Å². The summed E-state index contributed by atoms with van der Waals surface area (Å²) in [5.74, 6) is 0.126. The Morgan fingerprint density at radius 3 is 2.50 bits per heavy atom. The zero-order chi connectivity index (χ0) is 15.3. The van der Waals surface area contributed by atoms with Crippen molar-refractivity contribution in [2.75, 3.05) is 39.5 Å². The quantitative estimate of drug-likeness (QED) is 0.818. The van der Waals surface area contributed by atoms with Gasteiger partial charge in [0.2, 0.25) is 10.0 Å². The minimum Gasteiger partial charge on any atom is -0.382 e. The van der Waals surface area contributed by atoms with Crippen molar-refractivity contribution in [2.45, 2.75) is 18.2 Å². The number of anilines is 1. The van der Waals surface area contributed by atoms with Crippen molar-refractivity contribution < 1.29 is 8.42 Å². The summed E-state index contributed by atoms with van der Waals surface area (Å²) in [5, 5.41) is 0.149. The van der Waals surface area contributed by atoms with E-state index in [2.05, 4.69) is 4.98 Å². The van der Waals surface area contributed by atoms with Crippen molar-refractivity contribution in [1.82, 2.24) is 14.2 Å². The second-order valence-electron chi connectivity index (χ2n) is 4.69. The van der Waals surface area contributed by atoms with E-state index in [1.807, 2.05) is 19.0 Å². The highest BCUT2D eigenvalue weighted by Crippen LogP contribution is 2.22. The fourth-order valence-electron chi connectivity index (χ4n) is 1.73. The standard InChI is InChI=1S/C12H21ClN4O2S/c1-4-17(7-5-6-16(2)3)20(18,19)10-8-11(13)12(14)15-9-10/h8-9H,4-7H2,1-3H3,(H2,14,15). The Labute approximate surface area is 125 Å². The number of rotatable bonds is 7. The van der Waals surface area contributed by atoms with E-state index in [4.69, 9.17) is 17.3 Å². The molecule has 0 bridgehead atoms. The van der Waals surface area contributed by atoms with Gasteiger partial charge in [-0.25, -0.2) is 13.4 Å². The highest BCUT2D eigenvalue weighted by Gasteiger charge is 2.23. The van der Waals surface area contributed by atoms with Crippen LogP contribution >= 0.6 is 11.6 Å². The fraction of sp³-hybridized carbons (Fsp3) is 0.583. The van der Waals surface area contributed by atoms with Gasteiger partial charge in [-0.15, -0.1) is 0 Å². The predicted molar refractivity (Wildman–Crippen MR) is 81.3 cm³/mol. The average molecular weight is 321 g/mol. The van der Waals surface area contributed by atoms with Crippen molar-refractivity contribution in [3.05, 3.63) is 17.3 Å². The largest absolute Gasteiger partial charge is 0.382 e. The van der Waals surface area contributed by atoms with Crippen molar-refractivity contribution >= 4 is 27.4 Å². The minimum atomic E-state index is -3.58. The van der Waals surface area contributed by atoms with Gasteiger partial charge >= 0.3 is 0 Å². The number of nitrogens with two attached hydrogens (primary N) is 1. The molecule has 0 aliphatic rings. The lowest BCUT2D eigenvalue weighted by Gasteiger charge is -2.21. The first-order valence-electron chi connectivity index (χ1n) is 6.35. The summed E-state index contributed by atoms with van der Waals surface area (Å²) in [6.45, 7) is 3.49. The Morgan fingerprint density at radius 2 is 2.00 bits per heavy atom. The van der Waals surface area contributed by atoms with Crippen molar-refractivity contribution in [3.63, 3.8) is 0 Å². The number of sulfonamides is 1. The molecule has 1 heterocycles. The van der Waals surface area contributed by atoms with Crippen LogP contribution in [0.25, 0.3) is 0 Å². The molecule has 8 heteroatoms. The molecule has 0 spiro atoms. The van der Waals surface area contributed by atoms with Crippen LogP contribution in [0.3, 0.4) is 0 Å². The van der Waals surface area contributed by atoms with Crippen LogP contribution in [0.4, 0.5) is 5.82 Å². The van der Waals surface area contributed by atoms with Crippen LogP contribution in [0.15, 0.2) is 17.2 Å². The normalized spacial score (nSPS) is 12.3. The van der Waals surface area contributed by atoms with Gasteiger partial charge in [-0.05, 0) is 33.1 Å². The highest BCUT2D eigenvalue weighted by molar-refractivity contribution is 7.89. The van der Waals surface area contributed by atoms with E-state index in [1.165, 1.54) is 16.6 Å². The monoisotopic (exact) mass is 320 g/mol. The van der Waals surface area contributed by atoms with Crippen LogP contribution < -0.4 is 5.73 Å². The predicted octanol–water partition coefficient (Wildman–Crippen LogP) is 1.28. The van der Waals surface area contributed by atoms with E-state index in [1.54, 1.807) is 6.92 Å². The molecule has 2 N–H and O–H groups in total. The molecule has 1 rings (SSSR count). The summed E-state index contributed by atoms with van der Waals surface area (Å²) in [4.78, 5) is 5.89. The molecule has 0 saturated carbocycles. The number of aromatic nitrogens is 1. The number of nitrogens with zero attached hydrogens (tertiary/aromatic N) is 3. The van der Waals surface area contributed by atoms with E-state index in [-0.39, 0.29) is 15.7 Å². The van der Waals surface area contributed by atoms with Crippen molar-refractivity contribution in [3.8, 4) is 0 Å². The maximum atomic E-state index is 12.5. The Morgan fingerprint density at radius 1 is 1.35 bits per heavy atom. The van der Waals surface area contributed by atoms with Gasteiger partial charge in [-0.2, -0.15) is 4.31 Å². The fourth-order valence-corrected chi connectivity index (χ4v) is 3.42. The molecule has 6 nitrogen and oxygen atoms in total. The maximum absolute atomic E-state index is 12.5. The number of hydrogen-bond acceptors (Lipinski definition) is 5. The van der Waals surface area contributed by atoms with Gasteiger partial charge in [0.05, 0.1) is 5.02 Å². The van der Waals surface area contributed by atoms with Gasteiger partial charge in [-0.1, -0.05) is 18.5 Å². The first kappa shape index (κ1) is 17.2. The van der Waals surface area contributed by atoms with Crippen LogP contribution in [0.5, 0.6) is 0 Å². The molecule has 1 aromatic heterocycles. The highest BCUT2D eigenvalue weighted by atomic mass is 35.5. The van der Waals surface area contributed by atoms with Crippen molar-refractivity contribution in [2.24, 2.45) is 0 Å². The third-order valence-electron chi connectivity index (χ3n) is 2.85. The van der Waals surface area contributed by atoms with Gasteiger partial charge in [0, 0.05) is 19.3 Å². The number of hydrogen-bond donors (Lipinski definition) is 1. The van der Waals surface area contributed by atoms with E-state index in [0.717, 1.165) is 13.0 Å². The molecule has 0 fully saturated rings. The Bertz CT molecular complexity index is 548. The molecule has 0 aliphatic carbocycles. The number of pyridine rings is 1. The third kappa shape index (κ3) is 4.31. The topological polar surface area (TPSA) is 79.5 Å². The van der Waals surface area contributed by atoms with Crippen molar-refractivity contribution in [1.29, 1.82) is 0 Å². The zero-order valence-corrected chi connectivity index (χ0v) is 13.6. The first-order chi connectivity index (χ1) is 9.28. The Kier molecular flexibility index (Phi) is 6.19. The van der Waals surface area contributed by atoms with Crippen LogP contribution in [0, 0.1) is 0 Å². The maximum Gasteiger partial charge on any atom is 0.244 e. The average Bonchev–Trinajstić information content (AvgIpc) is 2.37. The van der Waals surface area contributed by atoms with Gasteiger partial charge in [0.25, 0.3) is 0 Å². The van der Waals surface area contributed by atoms with Gasteiger partial charge in [-0.3, -0.25) is 0 Å². The first-order valence-corrected chi connectivity index (χ1v) is 8.16. The summed E-state index contributed by atoms with van der Waals surface area (Å²) >= 11 is 5.84. The lowest BCUT2D eigenvalue weighted by atomic mass is 10.4. The Balaban J connectivity index is 2.91. The van der Waals surface area contributed by atoms with E-state index in [0.29, 0.717) is 13.1 Å². The molecular formula is C12H21ClN4O2S. The summed E-state index contributed by atoms with van der Waals surface area (Å²) in [7, 11) is 0.330. The Hall–Kier alpha value is -0.890. The van der Waals surface area contributed by atoms with Gasteiger partial charge < -0.3 is 10.6 Å². The van der Waals surface area contributed by atoms with Gasteiger partial charge in [0.15, 0.2) is 0 Å². The lowest BCUT2D eigenvalue weighted by molar-refractivity contribution is 0.356. The smallest absolute Gasteiger partial charge is 0.244 e. The summed E-state index contributed by atoms with van der Waals surface area (Å²) < 4.78 is 26.4. The van der Waals surface area contributed by atoms with E-state index >= 15 is 0 Å². The van der Waals surface area contributed by atoms with E-state index < -0.39 is 10.0 Å².